The maximum absolute atomic E-state index is 14.8. The predicted molar refractivity (Wildman–Crippen MR) is 128 cm³/mol. The Morgan fingerprint density at radius 2 is 1.62 bits per heavy atom. The number of hydrogen-bond donors (Lipinski definition) is 3. The molecule has 6 nitrogen and oxygen atoms in total. The van der Waals surface area contributed by atoms with Gasteiger partial charge >= 0.3 is 0 Å². The van der Waals surface area contributed by atoms with Crippen molar-refractivity contribution in [2.24, 2.45) is 5.73 Å². The standard InChI is InChI=1S/C26H25F2N3O3/c1-15-4-6-16(7-5-15)24(30)22(14-29)26(32)25(21-9-8-17(27)10-23(21)28)31-18-11-19(33-2)13-20(12-18)34-3/h4-14,25,30-31H,29H2,1-3H3/b22-14+,30-24?. The molecule has 0 bridgehead atoms. The summed E-state index contributed by atoms with van der Waals surface area (Å²) in [6.07, 6.45) is 1.02. The number of halogens is 2. The topological polar surface area (TPSA) is 97.4 Å². The van der Waals surface area contributed by atoms with Crippen molar-refractivity contribution in [3.8, 4) is 11.5 Å². The molecule has 0 aromatic heterocycles. The van der Waals surface area contributed by atoms with Gasteiger partial charge in [-0.15, -0.1) is 0 Å². The fourth-order valence-electron chi connectivity index (χ4n) is 3.40. The SMILES string of the molecule is COc1cc(NC(C(=O)/C(=C/N)C(=N)c2ccc(C)cc2)c2ccc(F)cc2F)cc(OC)c1. The number of Topliss-reactive ketones (excluding diaryl/α,β-unsaturated/α-hetero) is 1. The van der Waals surface area contributed by atoms with Crippen LogP contribution < -0.4 is 20.5 Å². The number of nitrogens with two attached hydrogens (primary N) is 1. The quantitative estimate of drug-likeness (QED) is 0.308. The summed E-state index contributed by atoms with van der Waals surface area (Å²) in [6, 6.07) is 13.5. The van der Waals surface area contributed by atoms with E-state index in [1.807, 2.05) is 6.92 Å². The number of methoxy groups -OCH3 is 2. The van der Waals surface area contributed by atoms with Gasteiger partial charge in [-0.05, 0) is 13.0 Å². The summed E-state index contributed by atoms with van der Waals surface area (Å²) < 4.78 is 38.9. The molecule has 0 saturated heterocycles. The maximum atomic E-state index is 14.8. The lowest BCUT2D eigenvalue weighted by Gasteiger charge is -2.22. The first-order chi connectivity index (χ1) is 16.3. The van der Waals surface area contributed by atoms with Gasteiger partial charge in [0.2, 0.25) is 0 Å². The zero-order valence-electron chi connectivity index (χ0n) is 19.0. The summed E-state index contributed by atoms with van der Waals surface area (Å²) in [5, 5.41) is 11.5. The van der Waals surface area contributed by atoms with Gasteiger partial charge in [0.15, 0.2) is 5.78 Å². The van der Waals surface area contributed by atoms with Crippen LogP contribution in [0.4, 0.5) is 14.5 Å². The van der Waals surface area contributed by atoms with Crippen LogP contribution in [-0.2, 0) is 4.79 Å². The zero-order chi connectivity index (χ0) is 24.8. The number of ether oxygens (including phenoxy) is 2. The predicted octanol–water partition coefficient (Wildman–Crippen LogP) is 4.92. The molecule has 0 spiro atoms. The van der Waals surface area contributed by atoms with Gasteiger partial charge in [-0.3, -0.25) is 10.2 Å². The zero-order valence-corrected chi connectivity index (χ0v) is 19.0. The Morgan fingerprint density at radius 3 is 2.15 bits per heavy atom. The first kappa shape index (κ1) is 24.4. The van der Waals surface area contributed by atoms with Gasteiger partial charge in [-0.1, -0.05) is 35.9 Å². The molecule has 4 N–H and O–H groups in total. The van der Waals surface area contributed by atoms with Crippen molar-refractivity contribution in [1.82, 2.24) is 0 Å². The van der Waals surface area contributed by atoms with E-state index < -0.39 is 23.5 Å². The van der Waals surface area contributed by atoms with Crippen LogP contribution in [0.15, 0.2) is 72.4 Å². The van der Waals surface area contributed by atoms with E-state index in [2.05, 4.69) is 5.32 Å². The average Bonchev–Trinajstić information content (AvgIpc) is 2.83. The van der Waals surface area contributed by atoms with E-state index in [0.717, 1.165) is 17.8 Å². The second-order valence-electron chi connectivity index (χ2n) is 7.53. The summed E-state index contributed by atoms with van der Waals surface area (Å²) in [6.45, 7) is 1.90. The Morgan fingerprint density at radius 1 is 1.00 bits per heavy atom. The molecule has 0 saturated carbocycles. The minimum atomic E-state index is -1.32. The molecule has 1 atom stereocenters. The summed E-state index contributed by atoms with van der Waals surface area (Å²) in [5.74, 6) is -1.49. The Balaban J connectivity index is 2.06. The molecule has 0 fully saturated rings. The molecule has 3 rings (SSSR count). The lowest BCUT2D eigenvalue weighted by atomic mass is 9.91. The van der Waals surface area contributed by atoms with E-state index in [4.69, 9.17) is 20.6 Å². The molecule has 0 amide bonds. The van der Waals surface area contributed by atoms with Crippen molar-refractivity contribution in [2.75, 3.05) is 19.5 Å². The number of carbonyl (C=O) groups is 1. The molecule has 0 aliphatic carbocycles. The number of hydrogen-bond acceptors (Lipinski definition) is 6. The second-order valence-corrected chi connectivity index (χ2v) is 7.53. The highest BCUT2D eigenvalue weighted by molar-refractivity contribution is 6.29. The third-order valence-electron chi connectivity index (χ3n) is 5.24. The van der Waals surface area contributed by atoms with Crippen LogP contribution in [0.3, 0.4) is 0 Å². The number of benzene rings is 3. The normalized spacial score (nSPS) is 12.1. The van der Waals surface area contributed by atoms with Crippen molar-refractivity contribution in [1.29, 1.82) is 5.41 Å². The Bertz CT molecular complexity index is 1220. The highest BCUT2D eigenvalue weighted by atomic mass is 19.1. The molecule has 0 aliphatic rings. The minimum Gasteiger partial charge on any atom is -0.497 e. The molecular formula is C26H25F2N3O3. The number of rotatable bonds is 9. The molecular weight excluding hydrogens is 440 g/mol. The number of nitrogens with one attached hydrogen (secondary N) is 2. The summed E-state index contributed by atoms with van der Waals surface area (Å²) in [4.78, 5) is 13.6. The number of anilines is 1. The smallest absolute Gasteiger partial charge is 0.193 e. The van der Waals surface area contributed by atoms with Gasteiger partial charge < -0.3 is 20.5 Å². The fourth-order valence-corrected chi connectivity index (χ4v) is 3.40. The number of aryl methyl sites for hydroxylation is 1. The van der Waals surface area contributed by atoms with Crippen LogP contribution in [0.2, 0.25) is 0 Å². The van der Waals surface area contributed by atoms with E-state index in [-0.39, 0.29) is 16.8 Å². The van der Waals surface area contributed by atoms with Gasteiger partial charge in [0.1, 0.15) is 29.2 Å². The van der Waals surface area contributed by atoms with E-state index in [9.17, 15) is 13.6 Å². The molecule has 34 heavy (non-hydrogen) atoms. The Kier molecular flexibility index (Phi) is 7.63. The van der Waals surface area contributed by atoms with Gasteiger partial charge in [0, 0.05) is 47.3 Å². The molecule has 0 radical (unpaired) electrons. The van der Waals surface area contributed by atoms with Gasteiger partial charge in [-0.25, -0.2) is 8.78 Å². The van der Waals surface area contributed by atoms with Crippen LogP contribution in [0.5, 0.6) is 11.5 Å². The third-order valence-corrected chi connectivity index (χ3v) is 5.24. The molecule has 3 aromatic rings. The fraction of sp³-hybridized carbons (Fsp3) is 0.154. The van der Waals surface area contributed by atoms with E-state index in [1.54, 1.807) is 42.5 Å². The first-order valence-corrected chi connectivity index (χ1v) is 10.3. The van der Waals surface area contributed by atoms with Crippen LogP contribution in [0.25, 0.3) is 0 Å². The lowest BCUT2D eigenvalue weighted by Crippen LogP contribution is -2.27. The summed E-state index contributed by atoms with van der Waals surface area (Å²) >= 11 is 0. The monoisotopic (exact) mass is 465 g/mol. The highest BCUT2D eigenvalue weighted by Crippen LogP contribution is 2.31. The molecule has 3 aromatic carbocycles. The lowest BCUT2D eigenvalue weighted by molar-refractivity contribution is -0.116. The molecule has 0 aliphatic heterocycles. The van der Waals surface area contributed by atoms with Crippen molar-refractivity contribution in [2.45, 2.75) is 13.0 Å². The number of carbonyl (C=O) groups excluding carboxylic acids is 1. The van der Waals surface area contributed by atoms with E-state index in [0.29, 0.717) is 28.8 Å². The average molecular weight is 466 g/mol. The van der Waals surface area contributed by atoms with Gasteiger partial charge in [0.25, 0.3) is 0 Å². The van der Waals surface area contributed by atoms with Crippen molar-refractivity contribution in [3.63, 3.8) is 0 Å². The van der Waals surface area contributed by atoms with Gasteiger partial charge in [-0.2, -0.15) is 0 Å². The van der Waals surface area contributed by atoms with Crippen molar-refractivity contribution in [3.05, 3.63) is 101 Å². The molecule has 0 heterocycles. The Labute approximate surface area is 196 Å². The van der Waals surface area contributed by atoms with E-state index in [1.165, 1.54) is 20.3 Å². The van der Waals surface area contributed by atoms with Crippen molar-refractivity contribution >= 4 is 17.2 Å². The number of ketones is 1. The first-order valence-electron chi connectivity index (χ1n) is 10.3. The van der Waals surface area contributed by atoms with Crippen LogP contribution >= 0.6 is 0 Å². The largest absolute Gasteiger partial charge is 0.497 e. The van der Waals surface area contributed by atoms with E-state index >= 15 is 0 Å². The maximum Gasteiger partial charge on any atom is 0.193 e. The van der Waals surface area contributed by atoms with Crippen LogP contribution in [-0.4, -0.2) is 25.7 Å². The third kappa shape index (κ3) is 5.40. The summed E-state index contributed by atoms with van der Waals surface area (Å²) in [5.41, 5.74) is 7.25. The minimum absolute atomic E-state index is 0.107. The molecule has 176 valence electrons. The van der Waals surface area contributed by atoms with Crippen LogP contribution in [0, 0.1) is 24.0 Å². The molecule has 8 heteroatoms. The second kappa shape index (κ2) is 10.6. The Hall–Kier alpha value is -4.20. The highest BCUT2D eigenvalue weighted by Gasteiger charge is 2.29. The summed E-state index contributed by atoms with van der Waals surface area (Å²) in [7, 11) is 2.94. The van der Waals surface area contributed by atoms with Crippen molar-refractivity contribution < 1.29 is 23.0 Å². The van der Waals surface area contributed by atoms with Gasteiger partial charge in [0.05, 0.1) is 25.5 Å². The molecule has 1 unspecified atom stereocenters. The van der Waals surface area contributed by atoms with Crippen LogP contribution in [0.1, 0.15) is 22.7 Å².